The summed E-state index contributed by atoms with van der Waals surface area (Å²) >= 11 is 1.30. The molecule has 0 bridgehead atoms. The highest BCUT2D eigenvalue weighted by atomic mass is 32.1. The van der Waals surface area contributed by atoms with Crippen LogP contribution >= 0.6 is 11.3 Å². The van der Waals surface area contributed by atoms with Crippen molar-refractivity contribution in [3.8, 4) is 5.75 Å². The molecule has 7 heteroatoms. The monoisotopic (exact) mass is 433 g/mol. The van der Waals surface area contributed by atoms with Crippen molar-refractivity contribution in [2.24, 2.45) is 4.99 Å². The van der Waals surface area contributed by atoms with Crippen molar-refractivity contribution in [1.29, 1.82) is 0 Å². The summed E-state index contributed by atoms with van der Waals surface area (Å²) < 4.78 is 2.14. The number of allylic oxidation sites excluding steroid dienone is 2. The number of ketones is 1. The van der Waals surface area contributed by atoms with Gasteiger partial charge in [-0.3, -0.25) is 14.2 Å². The van der Waals surface area contributed by atoms with Crippen molar-refractivity contribution in [1.82, 2.24) is 4.57 Å². The van der Waals surface area contributed by atoms with Crippen LogP contribution < -0.4 is 19.8 Å². The molecule has 0 fully saturated rings. The summed E-state index contributed by atoms with van der Waals surface area (Å²) in [5.74, 6) is 0.0669. The van der Waals surface area contributed by atoms with Crippen molar-refractivity contribution in [3.05, 3.63) is 90.6 Å². The molecular weight excluding hydrogens is 410 g/mol. The third-order valence-corrected chi connectivity index (χ3v) is 6.30. The molecule has 3 aromatic rings. The number of aromatic hydroxyl groups is 1. The smallest absolute Gasteiger partial charge is 0.271 e. The van der Waals surface area contributed by atoms with Crippen molar-refractivity contribution >= 4 is 28.9 Å². The first-order chi connectivity index (χ1) is 14.8. The lowest BCUT2D eigenvalue weighted by Crippen LogP contribution is -2.39. The molecule has 1 atom stereocenters. The van der Waals surface area contributed by atoms with Crippen LogP contribution in [0.4, 0.5) is 5.69 Å². The first kappa shape index (κ1) is 20.8. The van der Waals surface area contributed by atoms with Crippen LogP contribution in [-0.2, 0) is 4.79 Å². The molecule has 1 aliphatic rings. The highest BCUT2D eigenvalue weighted by Gasteiger charge is 2.30. The predicted octanol–water partition coefficient (Wildman–Crippen LogP) is 2.60. The van der Waals surface area contributed by atoms with Crippen LogP contribution in [0.1, 0.15) is 31.0 Å². The van der Waals surface area contributed by atoms with Gasteiger partial charge in [-0.05, 0) is 55.3 Å². The molecule has 1 N–H and O–H groups in total. The number of carbonyl (C=O) groups excluding carboxylic acids is 1. The molecule has 1 aromatic heterocycles. The minimum absolute atomic E-state index is 0.101. The average molecular weight is 434 g/mol. The van der Waals surface area contributed by atoms with E-state index in [1.54, 1.807) is 34.9 Å². The van der Waals surface area contributed by atoms with Gasteiger partial charge in [-0.1, -0.05) is 35.6 Å². The van der Waals surface area contributed by atoms with Crippen molar-refractivity contribution in [2.75, 3.05) is 19.0 Å². The molecule has 158 valence electrons. The zero-order valence-electron chi connectivity index (χ0n) is 17.8. The van der Waals surface area contributed by atoms with Gasteiger partial charge >= 0.3 is 0 Å². The lowest BCUT2D eigenvalue weighted by molar-refractivity contribution is -0.114. The molecule has 0 amide bonds. The molecular formula is C24H23N3O3S. The van der Waals surface area contributed by atoms with E-state index >= 15 is 0 Å². The molecule has 2 aromatic carbocycles. The number of Topliss-reactive ketones (excluding diaryl/α,β-unsaturated/α-hetero) is 1. The fourth-order valence-corrected chi connectivity index (χ4v) is 4.81. The Balaban J connectivity index is 1.93. The Hall–Kier alpha value is -3.45. The number of anilines is 1. The predicted molar refractivity (Wildman–Crippen MR) is 123 cm³/mol. The van der Waals surface area contributed by atoms with Crippen molar-refractivity contribution in [3.63, 3.8) is 0 Å². The van der Waals surface area contributed by atoms with E-state index in [2.05, 4.69) is 4.99 Å². The second kappa shape index (κ2) is 8.00. The number of benzene rings is 2. The Bertz CT molecular complexity index is 1360. The second-order valence-corrected chi connectivity index (χ2v) is 8.72. The van der Waals surface area contributed by atoms with Crippen LogP contribution in [0.25, 0.3) is 6.08 Å². The minimum Gasteiger partial charge on any atom is -0.508 e. The van der Waals surface area contributed by atoms with Crippen LogP contribution in [0.15, 0.2) is 69.6 Å². The lowest BCUT2D eigenvalue weighted by atomic mass is 9.93. The van der Waals surface area contributed by atoms with Crippen LogP contribution in [0.3, 0.4) is 0 Å². The fraction of sp³-hybridized carbons (Fsp3) is 0.208. The third-order valence-electron chi connectivity index (χ3n) is 5.32. The Kier molecular flexibility index (Phi) is 5.37. The molecule has 0 aliphatic carbocycles. The van der Waals surface area contributed by atoms with Crippen molar-refractivity contribution in [2.45, 2.75) is 19.9 Å². The molecule has 0 saturated heterocycles. The first-order valence-corrected chi connectivity index (χ1v) is 10.7. The van der Waals surface area contributed by atoms with Gasteiger partial charge in [0.15, 0.2) is 10.6 Å². The van der Waals surface area contributed by atoms with E-state index in [0.29, 0.717) is 20.6 Å². The van der Waals surface area contributed by atoms with Gasteiger partial charge in [0.05, 0.1) is 10.6 Å². The number of phenols is 1. The molecule has 31 heavy (non-hydrogen) atoms. The summed E-state index contributed by atoms with van der Waals surface area (Å²) in [7, 11) is 3.93. The first-order valence-electron chi connectivity index (χ1n) is 9.86. The molecule has 0 radical (unpaired) electrons. The fourth-order valence-electron chi connectivity index (χ4n) is 3.76. The minimum atomic E-state index is -0.521. The normalized spacial score (nSPS) is 16.1. The SMILES string of the molecule is CC(=O)C1=C(C)N=c2s/c(=C/c3ccc(O)cc3)c(=O)n2[C@H]1c1ccc(N(C)C)cc1. The number of fused-ring (bicyclic) bond motifs is 1. The second-order valence-electron chi connectivity index (χ2n) is 7.72. The highest BCUT2D eigenvalue weighted by Crippen LogP contribution is 2.31. The summed E-state index contributed by atoms with van der Waals surface area (Å²) in [6.07, 6.45) is 1.78. The Labute approximate surface area is 183 Å². The van der Waals surface area contributed by atoms with E-state index in [4.69, 9.17) is 0 Å². The summed E-state index contributed by atoms with van der Waals surface area (Å²) in [6.45, 7) is 3.33. The number of rotatable bonds is 4. The lowest BCUT2D eigenvalue weighted by Gasteiger charge is -2.25. The standard InChI is InChI=1S/C24H23N3O3S/c1-14-21(15(2)28)22(17-7-9-18(10-8-17)26(3)4)27-23(30)20(31-24(27)25-14)13-16-5-11-19(29)12-6-16/h5-13,22,29H,1-4H3/b20-13+/t22-/m0/s1. The van der Waals surface area contributed by atoms with E-state index < -0.39 is 6.04 Å². The Morgan fingerprint density at radius 1 is 1.13 bits per heavy atom. The number of nitrogens with zero attached hydrogens (tertiary/aromatic N) is 3. The van der Waals surface area contributed by atoms with Gasteiger partial charge in [0.2, 0.25) is 0 Å². The maximum Gasteiger partial charge on any atom is 0.271 e. The largest absolute Gasteiger partial charge is 0.508 e. The number of hydrogen-bond acceptors (Lipinski definition) is 6. The number of thiazole rings is 1. The Morgan fingerprint density at radius 3 is 2.35 bits per heavy atom. The van der Waals surface area contributed by atoms with E-state index in [1.165, 1.54) is 18.3 Å². The van der Waals surface area contributed by atoms with Crippen LogP contribution in [0.5, 0.6) is 5.75 Å². The third kappa shape index (κ3) is 3.84. The van der Waals surface area contributed by atoms with E-state index in [9.17, 15) is 14.7 Å². The van der Waals surface area contributed by atoms with Gasteiger partial charge in [0.25, 0.3) is 5.56 Å². The van der Waals surface area contributed by atoms with Crippen LogP contribution in [-0.4, -0.2) is 29.6 Å². The molecule has 6 nitrogen and oxygen atoms in total. The van der Waals surface area contributed by atoms with Gasteiger partial charge in [-0.15, -0.1) is 0 Å². The van der Waals surface area contributed by atoms with Gasteiger partial charge in [-0.2, -0.15) is 0 Å². The van der Waals surface area contributed by atoms with Crippen molar-refractivity contribution < 1.29 is 9.90 Å². The molecule has 0 spiro atoms. The van der Waals surface area contributed by atoms with Gasteiger partial charge in [0, 0.05) is 31.1 Å². The summed E-state index contributed by atoms with van der Waals surface area (Å²) in [4.78, 5) is 33.1. The van der Waals surface area contributed by atoms with Gasteiger partial charge < -0.3 is 10.0 Å². The maximum absolute atomic E-state index is 13.4. The number of phenolic OH excluding ortho intramolecular Hbond substituents is 1. The van der Waals surface area contributed by atoms with Gasteiger partial charge in [0.1, 0.15) is 5.75 Å². The van der Waals surface area contributed by atoms with Crippen LogP contribution in [0.2, 0.25) is 0 Å². The van der Waals surface area contributed by atoms with E-state index in [1.807, 2.05) is 50.2 Å². The van der Waals surface area contributed by atoms with E-state index in [-0.39, 0.29) is 17.1 Å². The van der Waals surface area contributed by atoms with E-state index in [0.717, 1.165) is 16.8 Å². The summed E-state index contributed by atoms with van der Waals surface area (Å²) in [6, 6.07) is 14.0. The average Bonchev–Trinajstić information content (AvgIpc) is 3.03. The molecule has 0 unspecified atom stereocenters. The highest BCUT2D eigenvalue weighted by molar-refractivity contribution is 7.07. The summed E-state index contributed by atoms with van der Waals surface area (Å²) in [5, 5.41) is 9.50. The molecule has 1 aliphatic heterocycles. The Morgan fingerprint density at radius 2 is 1.77 bits per heavy atom. The zero-order valence-corrected chi connectivity index (χ0v) is 18.6. The molecule has 4 rings (SSSR count). The molecule has 0 saturated carbocycles. The summed E-state index contributed by atoms with van der Waals surface area (Å²) in [5.41, 5.74) is 3.67. The maximum atomic E-state index is 13.4. The molecule has 2 heterocycles. The topological polar surface area (TPSA) is 74.9 Å². The van der Waals surface area contributed by atoms with Gasteiger partial charge in [-0.25, -0.2) is 4.99 Å². The van der Waals surface area contributed by atoms with Crippen LogP contribution in [0, 0.1) is 0 Å². The number of carbonyl (C=O) groups is 1. The number of hydrogen-bond donors (Lipinski definition) is 1. The quantitative estimate of drug-likeness (QED) is 0.686. The number of aromatic nitrogens is 1. The zero-order chi connectivity index (χ0) is 22.3.